The standard InChI is InChI=1S/C12H11BrFN3/c1-7-2-3-10(14)11(4-7)17-12-9(13)5-8(15)6-16-12/h2-6H,15H2,1H3,(H,16,17). The molecule has 3 N–H and O–H groups in total. The maximum Gasteiger partial charge on any atom is 0.146 e. The monoisotopic (exact) mass is 295 g/mol. The molecule has 3 nitrogen and oxygen atoms in total. The maximum atomic E-state index is 13.5. The van der Waals surface area contributed by atoms with Crippen LogP contribution in [0, 0.1) is 12.7 Å². The number of aromatic nitrogens is 1. The summed E-state index contributed by atoms with van der Waals surface area (Å²) in [7, 11) is 0. The Morgan fingerprint density at radius 1 is 1.35 bits per heavy atom. The zero-order chi connectivity index (χ0) is 12.4. The van der Waals surface area contributed by atoms with E-state index in [1.54, 1.807) is 18.2 Å². The van der Waals surface area contributed by atoms with Gasteiger partial charge in [-0.2, -0.15) is 0 Å². The average Bonchev–Trinajstić information content (AvgIpc) is 2.27. The first kappa shape index (κ1) is 11.9. The quantitative estimate of drug-likeness (QED) is 0.890. The average molecular weight is 296 g/mol. The van der Waals surface area contributed by atoms with E-state index in [0.717, 1.165) is 5.56 Å². The van der Waals surface area contributed by atoms with Crippen molar-refractivity contribution >= 4 is 33.1 Å². The smallest absolute Gasteiger partial charge is 0.146 e. The van der Waals surface area contributed by atoms with E-state index in [4.69, 9.17) is 5.73 Å². The highest BCUT2D eigenvalue weighted by atomic mass is 79.9. The van der Waals surface area contributed by atoms with Gasteiger partial charge in [0, 0.05) is 0 Å². The van der Waals surface area contributed by atoms with Crippen LogP contribution in [0.15, 0.2) is 34.9 Å². The summed E-state index contributed by atoms with van der Waals surface area (Å²) in [6.45, 7) is 1.90. The molecule has 0 aliphatic carbocycles. The molecular formula is C12H11BrFN3. The summed E-state index contributed by atoms with van der Waals surface area (Å²) >= 11 is 3.32. The first-order valence-electron chi connectivity index (χ1n) is 5.00. The first-order chi connectivity index (χ1) is 8.06. The third-order valence-corrected chi connectivity index (χ3v) is 2.84. The Bertz CT molecular complexity index is 557. The molecule has 0 aliphatic heterocycles. The fraction of sp³-hybridized carbons (Fsp3) is 0.0833. The highest BCUT2D eigenvalue weighted by Gasteiger charge is 2.06. The van der Waals surface area contributed by atoms with E-state index in [1.165, 1.54) is 12.3 Å². The van der Waals surface area contributed by atoms with Gasteiger partial charge in [0.25, 0.3) is 0 Å². The number of rotatable bonds is 2. The molecule has 0 aliphatic rings. The molecule has 0 fully saturated rings. The predicted molar refractivity (Wildman–Crippen MR) is 70.8 cm³/mol. The Balaban J connectivity index is 2.34. The van der Waals surface area contributed by atoms with Crippen molar-refractivity contribution in [1.29, 1.82) is 0 Å². The third kappa shape index (κ3) is 2.74. The molecule has 0 atom stereocenters. The van der Waals surface area contributed by atoms with E-state index in [0.29, 0.717) is 21.7 Å². The summed E-state index contributed by atoms with van der Waals surface area (Å²) < 4.78 is 14.2. The molecule has 2 aromatic rings. The maximum absolute atomic E-state index is 13.5. The van der Waals surface area contributed by atoms with E-state index in [9.17, 15) is 4.39 Å². The van der Waals surface area contributed by atoms with Crippen LogP contribution in [-0.4, -0.2) is 4.98 Å². The summed E-state index contributed by atoms with van der Waals surface area (Å²) in [6, 6.07) is 6.57. The van der Waals surface area contributed by atoms with Gasteiger partial charge >= 0.3 is 0 Å². The SMILES string of the molecule is Cc1ccc(F)c(Nc2ncc(N)cc2Br)c1. The van der Waals surface area contributed by atoms with Crippen molar-refractivity contribution in [3.8, 4) is 0 Å². The predicted octanol–water partition coefficient (Wildman–Crippen LogP) is 3.62. The van der Waals surface area contributed by atoms with E-state index in [-0.39, 0.29) is 5.82 Å². The molecule has 0 unspecified atom stereocenters. The number of nitrogen functional groups attached to an aromatic ring is 1. The van der Waals surface area contributed by atoms with Gasteiger partial charge in [0.2, 0.25) is 0 Å². The van der Waals surface area contributed by atoms with Crippen molar-refractivity contribution in [3.63, 3.8) is 0 Å². The van der Waals surface area contributed by atoms with Crippen LogP contribution in [0.25, 0.3) is 0 Å². The summed E-state index contributed by atoms with van der Waals surface area (Å²) in [4.78, 5) is 4.09. The van der Waals surface area contributed by atoms with Crippen molar-refractivity contribution < 1.29 is 4.39 Å². The van der Waals surface area contributed by atoms with Gasteiger partial charge < -0.3 is 11.1 Å². The van der Waals surface area contributed by atoms with Crippen molar-refractivity contribution in [1.82, 2.24) is 4.98 Å². The third-order valence-electron chi connectivity index (χ3n) is 2.24. The molecule has 0 amide bonds. The molecule has 17 heavy (non-hydrogen) atoms. The zero-order valence-corrected chi connectivity index (χ0v) is 10.8. The van der Waals surface area contributed by atoms with E-state index >= 15 is 0 Å². The molecule has 0 bridgehead atoms. The topological polar surface area (TPSA) is 50.9 Å². The summed E-state index contributed by atoms with van der Waals surface area (Å²) in [5, 5.41) is 2.92. The molecule has 0 radical (unpaired) electrons. The number of pyridine rings is 1. The lowest BCUT2D eigenvalue weighted by atomic mass is 10.2. The number of benzene rings is 1. The van der Waals surface area contributed by atoms with E-state index in [2.05, 4.69) is 26.2 Å². The number of nitrogens with two attached hydrogens (primary N) is 1. The molecule has 88 valence electrons. The van der Waals surface area contributed by atoms with Gasteiger partial charge in [0.05, 0.1) is 22.0 Å². The van der Waals surface area contributed by atoms with Crippen LogP contribution in [0.1, 0.15) is 5.56 Å². The highest BCUT2D eigenvalue weighted by Crippen LogP contribution is 2.26. The Labute approximate surface area is 107 Å². The largest absolute Gasteiger partial charge is 0.397 e. The Kier molecular flexibility index (Phi) is 3.28. The molecule has 5 heteroatoms. The van der Waals surface area contributed by atoms with E-state index in [1.807, 2.05) is 6.92 Å². The number of hydrogen-bond acceptors (Lipinski definition) is 3. The van der Waals surface area contributed by atoms with Gasteiger partial charge in [-0.15, -0.1) is 0 Å². The molecule has 1 aromatic heterocycles. The fourth-order valence-corrected chi connectivity index (χ4v) is 1.87. The van der Waals surface area contributed by atoms with Crippen LogP contribution >= 0.6 is 15.9 Å². The number of hydrogen-bond donors (Lipinski definition) is 2. The molecule has 1 heterocycles. The number of nitrogens with one attached hydrogen (secondary N) is 1. The molecule has 2 rings (SSSR count). The van der Waals surface area contributed by atoms with Crippen LogP contribution in [0.2, 0.25) is 0 Å². The van der Waals surface area contributed by atoms with Gasteiger partial charge in [-0.25, -0.2) is 9.37 Å². The Hall–Kier alpha value is -1.62. The normalized spacial score (nSPS) is 10.3. The van der Waals surface area contributed by atoms with Gasteiger partial charge in [-0.3, -0.25) is 0 Å². The van der Waals surface area contributed by atoms with Crippen LogP contribution in [0.5, 0.6) is 0 Å². The first-order valence-corrected chi connectivity index (χ1v) is 5.80. The molecule has 0 saturated heterocycles. The van der Waals surface area contributed by atoms with Gasteiger partial charge in [0.15, 0.2) is 0 Å². The molecule has 1 aromatic carbocycles. The molecular weight excluding hydrogens is 285 g/mol. The Morgan fingerprint density at radius 3 is 2.82 bits per heavy atom. The minimum Gasteiger partial charge on any atom is -0.397 e. The van der Waals surface area contributed by atoms with Crippen LogP contribution in [0.4, 0.5) is 21.6 Å². The second kappa shape index (κ2) is 4.71. The summed E-state index contributed by atoms with van der Waals surface area (Å²) in [5.41, 5.74) is 7.49. The highest BCUT2D eigenvalue weighted by molar-refractivity contribution is 9.10. The lowest BCUT2D eigenvalue weighted by molar-refractivity contribution is 0.631. The van der Waals surface area contributed by atoms with Gasteiger partial charge in [-0.05, 0) is 46.6 Å². The zero-order valence-electron chi connectivity index (χ0n) is 9.17. The van der Waals surface area contributed by atoms with Gasteiger partial charge in [-0.1, -0.05) is 6.07 Å². The van der Waals surface area contributed by atoms with Crippen molar-refractivity contribution in [2.24, 2.45) is 0 Å². The van der Waals surface area contributed by atoms with Crippen molar-refractivity contribution in [2.45, 2.75) is 6.92 Å². The fourth-order valence-electron chi connectivity index (χ4n) is 1.41. The van der Waals surface area contributed by atoms with Crippen LogP contribution in [-0.2, 0) is 0 Å². The number of aryl methyl sites for hydroxylation is 1. The Morgan fingerprint density at radius 2 is 2.12 bits per heavy atom. The number of halogens is 2. The summed E-state index contributed by atoms with van der Waals surface area (Å²) in [5.74, 6) is 0.213. The van der Waals surface area contributed by atoms with Crippen molar-refractivity contribution in [3.05, 3.63) is 46.3 Å². The second-order valence-corrected chi connectivity index (χ2v) is 4.56. The minimum absolute atomic E-state index is 0.318. The number of anilines is 3. The van der Waals surface area contributed by atoms with Gasteiger partial charge in [0.1, 0.15) is 11.6 Å². The van der Waals surface area contributed by atoms with Crippen LogP contribution < -0.4 is 11.1 Å². The molecule has 0 spiro atoms. The lowest BCUT2D eigenvalue weighted by Crippen LogP contribution is -1.98. The summed E-state index contributed by atoms with van der Waals surface area (Å²) in [6.07, 6.45) is 1.51. The van der Waals surface area contributed by atoms with Crippen LogP contribution in [0.3, 0.4) is 0 Å². The second-order valence-electron chi connectivity index (χ2n) is 3.71. The minimum atomic E-state index is -0.318. The lowest BCUT2D eigenvalue weighted by Gasteiger charge is -2.09. The molecule has 0 saturated carbocycles. The van der Waals surface area contributed by atoms with Crippen molar-refractivity contribution in [2.75, 3.05) is 11.1 Å². The van der Waals surface area contributed by atoms with E-state index < -0.39 is 0 Å². The number of nitrogens with zero attached hydrogens (tertiary/aromatic N) is 1.